The third-order valence-corrected chi connectivity index (χ3v) is 5.46. The number of halogens is 1. The highest BCUT2D eigenvalue weighted by Crippen LogP contribution is 2.40. The van der Waals surface area contributed by atoms with Crippen molar-refractivity contribution in [1.82, 2.24) is 4.90 Å². The number of benzene rings is 1. The molecule has 0 aromatic heterocycles. The molecular weight excluding hydrogens is 269 g/mol. The largest absolute Gasteiger partial charge is 0.508 e. The van der Waals surface area contributed by atoms with Crippen molar-refractivity contribution >= 4 is 0 Å². The summed E-state index contributed by atoms with van der Waals surface area (Å²) < 4.78 is 19.5. The van der Waals surface area contributed by atoms with Crippen LogP contribution in [0.15, 0.2) is 12.1 Å². The summed E-state index contributed by atoms with van der Waals surface area (Å²) in [7, 11) is 0. The molecule has 0 bridgehead atoms. The van der Waals surface area contributed by atoms with Gasteiger partial charge in [-0.15, -0.1) is 0 Å². The molecule has 1 unspecified atom stereocenters. The van der Waals surface area contributed by atoms with Gasteiger partial charge in [-0.1, -0.05) is 12.8 Å². The van der Waals surface area contributed by atoms with Crippen LogP contribution in [0.25, 0.3) is 0 Å². The summed E-state index contributed by atoms with van der Waals surface area (Å²) in [5, 5.41) is 10.0. The van der Waals surface area contributed by atoms with Crippen LogP contribution in [0.4, 0.5) is 4.39 Å². The molecule has 3 nitrogen and oxygen atoms in total. The molecule has 1 heterocycles. The summed E-state index contributed by atoms with van der Waals surface area (Å²) in [6.07, 6.45) is 8.43. The first-order valence-corrected chi connectivity index (χ1v) is 8.14. The molecule has 114 valence electrons. The topological polar surface area (TPSA) is 32.7 Å². The Morgan fingerprint density at radius 1 is 1.05 bits per heavy atom. The van der Waals surface area contributed by atoms with E-state index in [4.69, 9.17) is 4.74 Å². The monoisotopic (exact) mass is 291 g/mol. The van der Waals surface area contributed by atoms with Crippen molar-refractivity contribution in [2.24, 2.45) is 0 Å². The van der Waals surface area contributed by atoms with Crippen LogP contribution < -0.4 is 4.74 Å². The van der Waals surface area contributed by atoms with Crippen molar-refractivity contribution in [3.8, 4) is 11.5 Å². The number of phenolic OH excluding ortho intramolecular Hbond substituents is 1. The van der Waals surface area contributed by atoms with Crippen LogP contribution in [-0.2, 0) is 6.42 Å². The average Bonchev–Trinajstić information content (AvgIpc) is 2.38. The molecular formula is C17H22FNO2. The van der Waals surface area contributed by atoms with Crippen LogP contribution >= 0.6 is 0 Å². The van der Waals surface area contributed by atoms with Crippen molar-refractivity contribution in [2.75, 3.05) is 6.61 Å². The standard InChI is InChI=1S/C17H22FNO2/c18-15-7-8-16(20)14-9-13(10-21-17(14)15)19(11-3-1-4-11)12-5-2-6-12/h7-8,11-13,20H,1-6,9-10H2. The Morgan fingerprint density at radius 3 is 2.29 bits per heavy atom. The van der Waals surface area contributed by atoms with Gasteiger partial charge in [-0.25, -0.2) is 4.39 Å². The van der Waals surface area contributed by atoms with Gasteiger partial charge < -0.3 is 9.84 Å². The lowest BCUT2D eigenvalue weighted by atomic mass is 9.82. The second kappa shape index (κ2) is 5.16. The lowest BCUT2D eigenvalue weighted by molar-refractivity contribution is -0.0196. The summed E-state index contributed by atoms with van der Waals surface area (Å²) in [4.78, 5) is 2.63. The van der Waals surface area contributed by atoms with Gasteiger partial charge >= 0.3 is 0 Å². The Balaban J connectivity index is 1.59. The van der Waals surface area contributed by atoms with Gasteiger partial charge in [-0.05, 0) is 44.2 Å². The summed E-state index contributed by atoms with van der Waals surface area (Å²) in [5.74, 6) is 0.0618. The van der Waals surface area contributed by atoms with Crippen LogP contribution in [0.3, 0.4) is 0 Å². The zero-order valence-corrected chi connectivity index (χ0v) is 12.2. The van der Waals surface area contributed by atoms with Crippen molar-refractivity contribution < 1.29 is 14.2 Å². The predicted molar refractivity (Wildman–Crippen MR) is 78.2 cm³/mol. The first-order valence-electron chi connectivity index (χ1n) is 8.14. The normalized spacial score (nSPS) is 25.9. The van der Waals surface area contributed by atoms with E-state index < -0.39 is 0 Å². The van der Waals surface area contributed by atoms with Crippen LogP contribution in [0, 0.1) is 5.82 Å². The molecule has 1 aromatic rings. The van der Waals surface area contributed by atoms with Gasteiger partial charge in [-0.2, -0.15) is 0 Å². The van der Waals surface area contributed by atoms with Gasteiger partial charge in [-0.3, -0.25) is 4.90 Å². The highest BCUT2D eigenvalue weighted by molar-refractivity contribution is 5.46. The highest BCUT2D eigenvalue weighted by Gasteiger charge is 2.40. The first kappa shape index (κ1) is 13.4. The molecule has 21 heavy (non-hydrogen) atoms. The van der Waals surface area contributed by atoms with Crippen LogP contribution in [0.5, 0.6) is 11.5 Å². The van der Waals surface area contributed by atoms with E-state index in [1.54, 1.807) is 0 Å². The summed E-state index contributed by atoms with van der Waals surface area (Å²) in [5.41, 5.74) is 0.648. The minimum Gasteiger partial charge on any atom is -0.508 e. The van der Waals surface area contributed by atoms with E-state index in [-0.39, 0.29) is 23.4 Å². The Bertz CT molecular complexity index is 526. The van der Waals surface area contributed by atoms with Gasteiger partial charge in [0.25, 0.3) is 0 Å². The molecule has 1 atom stereocenters. The average molecular weight is 291 g/mol. The number of nitrogens with zero attached hydrogens (tertiary/aromatic N) is 1. The SMILES string of the molecule is Oc1ccc(F)c2c1CC(N(C1CCC1)C1CCC1)CO2. The van der Waals surface area contributed by atoms with Crippen molar-refractivity contribution in [3.63, 3.8) is 0 Å². The second-order valence-corrected chi connectivity index (χ2v) is 6.66. The fourth-order valence-electron chi connectivity index (χ4n) is 3.87. The minimum absolute atomic E-state index is 0.165. The number of fused-ring (bicyclic) bond motifs is 1. The smallest absolute Gasteiger partial charge is 0.165 e. The van der Waals surface area contributed by atoms with E-state index in [0.717, 1.165) is 0 Å². The van der Waals surface area contributed by atoms with E-state index in [1.807, 2.05) is 0 Å². The van der Waals surface area contributed by atoms with Crippen LogP contribution in [0.1, 0.15) is 44.1 Å². The maximum absolute atomic E-state index is 13.8. The van der Waals surface area contributed by atoms with Gasteiger partial charge in [0.2, 0.25) is 0 Å². The van der Waals surface area contributed by atoms with Crippen molar-refractivity contribution in [1.29, 1.82) is 0 Å². The number of phenols is 1. The maximum atomic E-state index is 13.8. The third-order valence-electron chi connectivity index (χ3n) is 5.46. The van der Waals surface area contributed by atoms with Gasteiger partial charge in [0, 0.05) is 23.7 Å². The Kier molecular flexibility index (Phi) is 3.29. The molecule has 4 rings (SSSR count). The van der Waals surface area contributed by atoms with Crippen LogP contribution in [0.2, 0.25) is 0 Å². The third kappa shape index (κ3) is 2.20. The van der Waals surface area contributed by atoms with E-state index in [2.05, 4.69) is 4.90 Å². The molecule has 2 fully saturated rings. The lowest BCUT2D eigenvalue weighted by Crippen LogP contribution is -2.57. The zero-order valence-electron chi connectivity index (χ0n) is 12.2. The zero-order chi connectivity index (χ0) is 14.4. The van der Waals surface area contributed by atoms with E-state index in [9.17, 15) is 9.50 Å². The molecule has 0 spiro atoms. The summed E-state index contributed by atoms with van der Waals surface area (Å²) in [6, 6.07) is 4.34. The van der Waals surface area contributed by atoms with Gasteiger partial charge in [0.15, 0.2) is 11.6 Å². The highest BCUT2D eigenvalue weighted by atomic mass is 19.1. The molecule has 2 aliphatic carbocycles. The van der Waals surface area contributed by atoms with Crippen LogP contribution in [-0.4, -0.2) is 34.7 Å². The fourth-order valence-corrected chi connectivity index (χ4v) is 3.87. The van der Waals surface area contributed by atoms with Gasteiger partial charge in [0.05, 0.1) is 0 Å². The molecule has 1 N–H and O–H groups in total. The van der Waals surface area contributed by atoms with Gasteiger partial charge in [0.1, 0.15) is 12.4 Å². The van der Waals surface area contributed by atoms with Crippen molar-refractivity contribution in [3.05, 3.63) is 23.5 Å². The number of ether oxygens (including phenoxy) is 1. The Labute approximate surface area is 124 Å². The Morgan fingerprint density at radius 2 is 1.71 bits per heavy atom. The molecule has 4 heteroatoms. The Hall–Kier alpha value is -1.29. The molecule has 0 amide bonds. The quantitative estimate of drug-likeness (QED) is 0.928. The summed E-state index contributed by atoms with van der Waals surface area (Å²) in [6.45, 7) is 0.542. The molecule has 1 aliphatic heterocycles. The van der Waals surface area contributed by atoms with E-state index >= 15 is 0 Å². The number of rotatable bonds is 3. The molecule has 0 saturated heterocycles. The van der Waals surface area contributed by atoms with Crippen molar-refractivity contribution in [2.45, 2.75) is 63.1 Å². The number of aromatic hydroxyl groups is 1. The minimum atomic E-state index is -0.361. The number of hydrogen-bond acceptors (Lipinski definition) is 3. The maximum Gasteiger partial charge on any atom is 0.165 e. The van der Waals surface area contributed by atoms with E-state index in [1.165, 1.54) is 50.7 Å². The molecule has 1 aromatic carbocycles. The van der Waals surface area contributed by atoms with E-state index in [0.29, 0.717) is 30.7 Å². The molecule has 0 radical (unpaired) electrons. The fraction of sp³-hybridized carbons (Fsp3) is 0.647. The first-order chi connectivity index (χ1) is 10.2. The lowest BCUT2D eigenvalue weighted by Gasteiger charge is -2.50. The number of hydrogen-bond donors (Lipinski definition) is 1. The molecule has 2 saturated carbocycles. The molecule has 3 aliphatic rings. The second-order valence-electron chi connectivity index (χ2n) is 6.66. The summed E-state index contributed by atoms with van der Waals surface area (Å²) >= 11 is 0. The predicted octanol–water partition coefficient (Wildman–Crippen LogP) is 3.24.